The van der Waals surface area contributed by atoms with Gasteiger partial charge in [0.15, 0.2) is 17.9 Å². The molecular formula is C29H27FN4O5. The molecule has 1 unspecified atom stereocenters. The Balaban J connectivity index is 1.48. The molecule has 5 rings (SSSR count). The minimum Gasteiger partial charge on any atom is -0.451 e. The van der Waals surface area contributed by atoms with Crippen molar-refractivity contribution >= 4 is 17.5 Å². The largest absolute Gasteiger partial charge is 0.451 e. The number of rotatable bonds is 9. The lowest BCUT2D eigenvalue weighted by molar-refractivity contribution is -0.149. The van der Waals surface area contributed by atoms with Crippen LogP contribution >= 0.6 is 0 Å². The van der Waals surface area contributed by atoms with Crippen LogP contribution in [0.1, 0.15) is 40.1 Å². The first-order chi connectivity index (χ1) is 18.9. The summed E-state index contributed by atoms with van der Waals surface area (Å²) in [5.74, 6) is -2.21. The number of nitrogens with one attached hydrogen (secondary N) is 1. The number of halogens is 1. The van der Waals surface area contributed by atoms with Gasteiger partial charge >= 0.3 is 0 Å². The highest BCUT2D eigenvalue weighted by molar-refractivity contribution is 6.09. The lowest BCUT2D eigenvalue weighted by Crippen LogP contribution is -2.44. The number of aromatic nitrogens is 2. The minimum absolute atomic E-state index is 0.0370. The number of nitrogens with zero attached hydrogens (tertiary/aromatic N) is 3. The Kier molecular flexibility index (Phi) is 7.76. The lowest BCUT2D eigenvalue weighted by Gasteiger charge is -2.31. The zero-order valence-electron chi connectivity index (χ0n) is 21.2. The van der Waals surface area contributed by atoms with Crippen LogP contribution in [0.3, 0.4) is 0 Å². The van der Waals surface area contributed by atoms with Gasteiger partial charge < -0.3 is 19.2 Å². The summed E-state index contributed by atoms with van der Waals surface area (Å²) >= 11 is 0. The summed E-state index contributed by atoms with van der Waals surface area (Å²) in [4.78, 5) is 37.0. The number of benzene rings is 2. The molecule has 1 N–H and O–H groups in total. The summed E-state index contributed by atoms with van der Waals surface area (Å²) in [6.45, 7) is 3.02. The van der Waals surface area contributed by atoms with Crippen LogP contribution in [0.15, 0.2) is 90.1 Å². The number of hydrogen-bond acceptors (Lipinski definition) is 7. The van der Waals surface area contributed by atoms with Gasteiger partial charge in [-0.2, -0.15) is 0 Å². The van der Waals surface area contributed by atoms with Crippen molar-refractivity contribution in [3.63, 3.8) is 0 Å². The summed E-state index contributed by atoms with van der Waals surface area (Å²) in [5.41, 5.74) is 2.49. The van der Waals surface area contributed by atoms with Gasteiger partial charge in [0, 0.05) is 35.8 Å². The fourth-order valence-corrected chi connectivity index (χ4v) is 4.51. The number of carbonyl (C=O) groups is 2. The van der Waals surface area contributed by atoms with Crippen molar-refractivity contribution in [2.75, 3.05) is 24.7 Å². The van der Waals surface area contributed by atoms with Crippen molar-refractivity contribution in [2.24, 2.45) is 0 Å². The molecule has 0 radical (unpaired) electrons. The van der Waals surface area contributed by atoms with Gasteiger partial charge in [-0.15, -0.1) is 0 Å². The quantitative estimate of drug-likeness (QED) is 0.346. The van der Waals surface area contributed by atoms with E-state index in [0.717, 1.165) is 17.5 Å². The van der Waals surface area contributed by atoms with Crippen LogP contribution in [0, 0.1) is 5.82 Å². The average Bonchev–Trinajstić information content (AvgIpc) is 3.65. The Labute approximate surface area is 224 Å². The number of amides is 2. The van der Waals surface area contributed by atoms with Crippen LogP contribution in [0.25, 0.3) is 0 Å². The molecule has 0 spiro atoms. The lowest BCUT2D eigenvalue weighted by atomic mass is 10.0. The van der Waals surface area contributed by atoms with E-state index >= 15 is 0 Å². The van der Waals surface area contributed by atoms with E-state index < -0.39 is 23.6 Å². The molecule has 4 aromatic rings. The predicted molar refractivity (Wildman–Crippen MR) is 139 cm³/mol. The van der Waals surface area contributed by atoms with E-state index in [1.165, 1.54) is 29.5 Å². The van der Waals surface area contributed by atoms with Gasteiger partial charge in [-0.1, -0.05) is 30.3 Å². The number of carbonyl (C=O) groups excluding carboxylic acids is 2. The van der Waals surface area contributed by atoms with Gasteiger partial charge in [0.25, 0.3) is 5.91 Å². The van der Waals surface area contributed by atoms with Gasteiger partial charge in [0.2, 0.25) is 5.91 Å². The van der Waals surface area contributed by atoms with E-state index in [0.29, 0.717) is 30.9 Å². The van der Waals surface area contributed by atoms with Gasteiger partial charge in [0.05, 0.1) is 13.2 Å². The number of anilines is 1. The molecule has 1 fully saturated rings. The summed E-state index contributed by atoms with van der Waals surface area (Å²) in [6.07, 6.45) is 5.92. The van der Waals surface area contributed by atoms with Crippen molar-refractivity contribution < 1.29 is 27.9 Å². The van der Waals surface area contributed by atoms with Crippen LogP contribution in [0.2, 0.25) is 0 Å². The molecular weight excluding hydrogens is 503 g/mol. The molecule has 0 saturated carbocycles. The molecule has 1 saturated heterocycles. The van der Waals surface area contributed by atoms with Crippen molar-refractivity contribution in [1.29, 1.82) is 0 Å². The van der Waals surface area contributed by atoms with Gasteiger partial charge in [0.1, 0.15) is 18.1 Å². The minimum atomic E-state index is -1.09. The van der Waals surface area contributed by atoms with Crippen LogP contribution in [-0.4, -0.2) is 41.5 Å². The Morgan fingerprint density at radius 1 is 1.10 bits per heavy atom. The molecule has 0 aliphatic carbocycles. The van der Waals surface area contributed by atoms with Crippen LogP contribution in [0.5, 0.6) is 0 Å². The summed E-state index contributed by atoms with van der Waals surface area (Å²) in [5, 5.41) is 2.89. The van der Waals surface area contributed by atoms with E-state index in [9.17, 15) is 14.0 Å². The first-order valence-corrected chi connectivity index (χ1v) is 12.5. The maximum absolute atomic E-state index is 13.8. The standard InChI is InChI=1S/C29H27FN4O5/c1-29(38-14-15-39-29)22-7-9-24(10-8-22)34(28(36)25-18-37-19-33-25)26(21-5-3-12-31-17-21)27(35)32-13-11-20-4-2-6-23(30)16-20/h2-10,12,16-19,26H,11,13-15H2,1H3,(H,32,35). The molecule has 39 heavy (non-hydrogen) atoms. The van der Waals surface area contributed by atoms with E-state index in [1.807, 2.05) is 6.92 Å². The Morgan fingerprint density at radius 3 is 2.56 bits per heavy atom. The second-order valence-electron chi connectivity index (χ2n) is 9.10. The van der Waals surface area contributed by atoms with Gasteiger partial charge in [-0.25, -0.2) is 9.37 Å². The van der Waals surface area contributed by atoms with Gasteiger partial charge in [-0.3, -0.25) is 19.5 Å². The zero-order valence-corrected chi connectivity index (χ0v) is 21.2. The number of hydrogen-bond donors (Lipinski definition) is 1. The summed E-state index contributed by atoms with van der Waals surface area (Å²) in [6, 6.07) is 15.6. The highest BCUT2D eigenvalue weighted by Crippen LogP contribution is 2.34. The molecule has 1 aliphatic heterocycles. The third-order valence-electron chi connectivity index (χ3n) is 6.49. The molecule has 1 atom stereocenters. The second kappa shape index (κ2) is 11.5. The maximum atomic E-state index is 13.8. The fraction of sp³-hybridized carbons (Fsp3) is 0.241. The molecule has 1 aliphatic rings. The fourth-order valence-electron chi connectivity index (χ4n) is 4.51. The normalized spacial score (nSPS) is 15.0. The van der Waals surface area contributed by atoms with Crippen molar-refractivity contribution in [3.8, 4) is 0 Å². The smallest absolute Gasteiger partial charge is 0.281 e. The maximum Gasteiger partial charge on any atom is 0.281 e. The van der Waals surface area contributed by atoms with E-state index in [1.54, 1.807) is 54.7 Å². The van der Waals surface area contributed by atoms with Crippen LogP contribution in [-0.2, 0) is 26.5 Å². The molecule has 9 nitrogen and oxygen atoms in total. The SMILES string of the molecule is CC1(c2ccc(N(C(=O)c3cocn3)C(C(=O)NCCc3cccc(F)c3)c3cccnc3)cc2)OCCO1. The average molecular weight is 531 g/mol. The summed E-state index contributed by atoms with van der Waals surface area (Å²) in [7, 11) is 0. The second-order valence-corrected chi connectivity index (χ2v) is 9.10. The van der Waals surface area contributed by atoms with Crippen LogP contribution < -0.4 is 10.2 Å². The number of pyridine rings is 1. The highest BCUT2D eigenvalue weighted by atomic mass is 19.1. The molecule has 2 aromatic carbocycles. The molecule has 3 heterocycles. The third kappa shape index (κ3) is 5.87. The first-order valence-electron chi connectivity index (χ1n) is 12.5. The van der Waals surface area contributed by atoms with Crippen molar-refractivity contribution in [3.05, 3.63) is 114 Å². The predicted octanol–water partition coefficient (Wildman–Crippen LogP) is 4.18. The molecule has 10 heteroatoms. The first kappa shape index (κ1) is 26.2. The van der Waals surface area contributed by atoms with E-state index in [4.69, 9.17) is 13.9 Å². The van der Waals surface area contributed by atoms with Crippen LogP contribution in [0.4, 0.5) is 10.1 Å². The Morgan fingerprint density at radius 2 is 1.90 bits per heavy atom. The molecule has 2 amide bonds. The summed E-state index contributed by atoms with van der Waals surface area (Å²) < 4.78 is 30.2. The molecule has 2 aromatic heterocycles. The molecule has 0 bridgehead atoms. The van der Waals surface area contributed by atoms with E-state index in [2.05, 4.69) is 15.3 Å². The highest BCUT2D eigenvalue weighted by Gasteiger charge is 2.36. The Hall–Kier alpha value is -4.41. The number of oxazole rings is 1. The number of ether oxygens (including phenoxy) is 2. The van der Waals surface area contributed by atoms with Crippen molar-refractivity contribution in [2.45, 2.75) is 25.2 Å². The zero-order chi connectivity index (χ0) is 27.2. The van der Waals surface area contributed by atoms with E-state index in [-0.39, 0.29) is 18.1 Å². The van der Waals surface area contributed by atoms with Crippen molar-refractivity contribution in [1.82, 2.24) is 15.3 Å². The Bertz CT molecular complexity index is 1410. The topological polar surface area (TPSA) is 107 Å². The monoisotopic (exact) mass is 530 g/mol. The van der Waals surface area contributed by atoms with Gasteiger partial charge in [-0.05, 0) is 49.2 Å². The molecule has 200 valence electrons. The third-order valence-corrected chi connectivity index (χ3v) is 6.49.